The smallest absolute Gasteiger partial charge is 0.410 e. The molecule has 1 fully saturated rings. The number of rotatable bonds is 2. The van der Waals surface area contributed by atoms with Crippen LogP contribution >= 0.6 is 0 Å². The summed E-state index contributed by atoms with van der Waals surface area (Å²) >= 11 is 0. The van der Waals surface area contributed by atoms with E-state index in [0.29, 0.717) is 13.0 Å². The van der Waals surface area contributed by atoms with Crippen molar-refractivity contribution >= 4 is 12.1 Å². The van der Waals surface area contributed by atoms with Crippen molar-refractivity contribution in [3.63, 3.8) is 0 Å². The molecule has 0 spiro atoms. The first-order valence-corrected chi connectivity index (χ1v) is 7.38. The lowest BCUT2D eigenvalue weighted by Crippen LogP contribution is -2.47. The number of nitrogens with zero attached hydrogens (tertiary/aromatic N) is 2. The zero-order valence-corrected chi connectivity index (χ0v) is 13.2. The van der Waals surface area contributed by atoms with Gasteiger partial charge in [0.05, 0.1) is 5.92 Å². The van der Waals surface area contributed by atoms with Gasteiger partial charge in [0.2, 0.25) is 0 Å². The molecule has 1 aromatic rings. The highest BCUT2D eigenvalue weighted by Crippen LogP contribution is 2.33. The lowest BCUT2D eigenvalue weighted by molar-refractivity contribution is -0.144. The van der Waals surface area contributed by atoms with Gasteiger partial charge in [-0.1, -0.05) is 0 Å². The fraction of sp³-hybridized carbons (Fsp3) is 0.562. The van der Waals surface area contributed by atoms with Gasteiger partial charge in [-0.05, 0) is 44.9 Å². The first-order chi connectivity index (χ1) is 10.3. The number of carboxylic acids is 1. The van der Waals surface area contributed by atoms with Crippen molar-refractivity contribution < 1.29 is 19.4 Å². The van der Waals surface area contributed by atoms with Gasteiger partial charge in [-0.15, -0.1) is 0 Å². The molecule has 6 heteroatoms. The van der Waals surface area contributed by atoms with Crippen molar-refractivity contribution in [2.24, 2.45) is 5.92 Å². The molecule has 0 saturated carbocycles. The minimum absolute atomic E-state index is 0.112. The van der Waals surface area contributed by atoms with E-state index in [1.165, 1.54) is 4.90 Å². The van der Waals surface area contributed by atoms with E-state index in [-0.39, 0.29) is 12.5 Å². The number of pyridine rings is 1. The Morgan fingerprint density at radius 1 is 1.32 bits per heavy atom. The number of hydrogen-bond acceptors (Lipinski definition) is 4. The number of carbonyl (C=O) groups excluding carboxylic acids is 1. The minimum atomic E-state index is -0.893. The van der Waals surface area contributed by atoms with Gasteiger partial charge in [-0.25, -0.2) is 4.79 Å². The first-order valence-electron chi connectivity index (χ1n) is 7.38. The van der Waals surface area contributed by atoms with Crippen LogP contribution < -0.4 is 0 Å². The largest absolute Gasteiger partial charge is 0.481 e. The van der Waals surface area contributed by atoms with Crippen LogP contribution in [0, 0.1) is 5.92 Å². The van der Waals surface area contributed by atoms with Gasteiger partial charge in [-0.2, -0.15) is 0 Å². The number of likely N-dealkylation sites (tertiary alicyclic amines) is 1. The van der Waals surface area contributed by atoms with E-state index in [2.05, 4.69) is 4.98 Å². The molecular formula is C16H22N2O4. The summed E-state index contributed by atoms with van der Waals surface area (Å²) in [7, 11) is 0. The fourth-order valence-corrected chi connectivity index (χ4v) is 2.70. The summed E-state index contributed by atoms with van der Waals surface area (Å²) in [5.41, 5.74) is 0.365. The van der Waals surface area contributed by atoms with E-state index in [0.717, 1.165) is 5.56 Å². The Labute approximate surface area is 130 Å². The predicted molar refractivity (Wildman–Crippen MR) is 80.5 cm³/mol. The molecule has 0 radical (unpaired) electrons. The van der Waals surface area contributed by atoms with E-state index in [1.54, 1.807) is 33.2 Å². The monoisotopic (exact) mass is 306 g/mol. The van der Waals surface area contributed by atoms with E-state index in [9.17, 15) is 14.7 Å². The van der Waals surface area contributed by atoms with Gasteiger partial charge in [0.1, 0.15) is 5.60 Å². The zero-order chi connectivity index (χ0) is 16.3. The van der Waals surface area contributed by atoms with Crippen LogP contribution in [0.5, 0.6) is 0 Å². The normalized spacial score (nSPS) is 22.2. The van der Waals surface area contributed by atoms with Gasteiger partial charge in [0, 0.05) is 31.4 Å². The van der Waals surface area contributed by atoms with Gasteiger partial charge < -0.3 is 14.7 Å². The number of aliphatic carboxylic acids is 1. The summed E-state index contributed by atoms with van der Waals surface area (Å²) in [4.78, 5) is 29.2. The average molecular weight is 306 g/mol. The lowest BCUT2D eigenvalue weighted by atomic mass is 9.81. The number of carbonyl (C=O) groups is 2. The van der Waals surface area contributed by atoms with Crippen LogP contribution in [0.2, 0.25) is 0 Å². The molecule has 0 bridgehead atoms. The molecule has 2 heterocycles. The van der Waals surface area contributed by atoms with Crippen molar-refractivity contribution in [2.45, 2.75) is 38.7 Å². The Morgan fingerprint density at radius 3 is 2.50 bits per heavy atom. The molecule has 0 unspecified atom stereocenters. The van der Waals surface area contributed by atoms with Crippen LogP contribution in [0.15, 0.2) is 24.5 Å². The minimum Gasteiger partial charge on any atom is -0.481 e. The maximum absolute atomic E-state index is 12.1. The summed E-state index contributed by atoms with van der Waals surface area (Å²) in [6, 6.07) is 3.67. The molecule has 0 aliphatic carbocycles. The third kappa shape index (κ3) is 3.96. The number of carboxylic acid groups (broad SMARTS) is 1. The van der Waals surface area contributed by atoms with Crippen molar-refractivity contribution in [1.82, 2.24) is 9.88 Å². The molecule has 1 aliphatic heterocycles. The summed E-state index contributed by atoms with van der Waals surface area (Å²) in [5.74, 6) is -1.64. The Morgan fingerprint density at radius 2 is 1.95 bits per heavy atom. The molecular weight excluding hydrogens is 284 g/mol. The first kappa shape index (κ1) is 16.3. The van der Waals surface area contributed by atoms with E-state index < -0.39 is 23.6 Å². The highest BCUT2D eigenvalue weighted by molar-refractivity contribution is 5.74. The Balaban J connectivity index is 2.12. The SMILES string of the molecule is CC(C)(C)OC(=O)N1CC[C@@H](c2ccncc2)[C@@H](C(=O)O)C1. The van der Waals surface area contributed by atoms with Crippen LogP contribution in [0.25, 0.3) is 0 Å². The van der Waals surface area contributed by atoms with Crippen molar-refractivity contribution in [3.8, 4) is 0 Å². The van der Waals surface area contributed by atoms with E-state index in [1.807, 2.05) is 12.1 Å². The van der Waals surface area contributed by atoms with Crippen molar-refractivity contribution in [3.05, 3.63) is 30.1 Å². The molecule has 1 aliphatic rings. The number of hydrogen-bond donors (Lipinski definition) is 1. The molecule has 1 saturated heterocycles. The molecule has 1 N–H and O–H groups in total. The maximum atomic E-state index is 12.1. The van der Waals surface area contributed by atoms with E-state index in [4.69, 9.17) is 4.74 Å². The molecule has 0 aromatic carbocycles. The second-order valence-corrected chi connectivity index (χ2v) is 6.55. The molecule has 6 nitrogen and oxygen atoms in total. The molecule has 1 amide bonds. The molecule has 2 rings (SSSR count). The Kier molecular flexibility index (Phi) is 4.68. The van der Waals surface area contributed by atoms with Gasteiger partial charge in [-0.3, -0.25) is 9.78 Å². The number of piperidine rings is 1. The second kappa shape index (κ2) is 6.34. The topological polar surface area (TPSA) is 79.7 Å². The third-order valence-corrected chi connectivity index (χ3v) is 3.72. The Hall–Kier alpha value is -2.11. The predicted octanol–water partition coefficient (Wildman–Crippen LogP) is 2.51. The number of amides is 1. The standard InChI is InChI=1S/C16H22N2O4/c1-16(2,3)22-15(21)18-9-6-12(13(10-18)14(19)20)11-4-7-17-8-5-11/h4-5,7-8,12-13H,6,9-10H2,1-3H3,(H,19,20)/t12-,13-/m0/s1. The quantitative estimate of drug-likeness (QED) is 0.908. The summed E-state index contributed by atoms with van der Waals surface area (Å²) in [6.07, 6.45) is 3.47. The average Bonchev–Trinajstić information content (AvgIpc) is 2.45. The fourth-order valence-electron chi connectivity index (χ4n) is 2.70. The maximum Gasteiger partial charge on any atom is 0.410 e. The highest BCUT2D eigenvalue weighted by Gasteiger charge is 2.38. The molecule has 2 atom stereocenters. The Bertz CT molecular complexity index is 539. The second-order valence-electron chi connectivity index (χ2n) is 6.55. The van der Waals surface area contributed by atoms with Crippen molar-refractivity contribution in [1.29, 1.82) is 0 Å². The van der Waals surface area contributed by atoms with Gasteiger partial charge in [0.25, 0.3) is 0 Å². The van der Waals surface area contributed by atoms with Gasteiger partial charge >= 0.3 is 12.1 Å². The molecule has 22 heavy (non-hydrogen) atoms. The molecule has 120 valence electrons. The summed E-state index contributed by atoms with van der Waals surface area (Å²) in [6.45, 7) is 6.04. The van der Waals surface area contributed by atoms with Crippen LogP contribution in [-0.4, -0.2) is 45.7 Å². The van der Waals surface area contributed by atoms with Crippen molar-refractivity contribution in [2.75, 3.05) is 13.1 Å². The van der Waals surface area contributed by atoms with Crippen LogP contribution in [0.4, 0.5) is 4.79 Å². The third-order valence-electron chi connectivity index (χ3n) is 3.72. The molecule has 1 aromatic heterocycles. The van der Waals surface area contributed by atoms with Crippen LogP contribution in [-0.2, 0) is 9.53 Å². The summed E-state index contributed by atoms with van der Waals surface area (Å²) in [5, 5.41) is 9.51. The summed E-state index contributed by atoms with van der Waals surface area (Å²) < 4.78 is 5.33. The number of aromatic nitrogens is 1. The van der Waals surface area contributed by atoms with Crippen LogP contribution in [0.3, 0.4) is 0 Å². The lowest BCUT2D eigenvalue weighted by Gasteiger charge is -2.37. The van der Waals surface area contributed by atoms with E-state index >= 15 is 0 Å². The highest BCUT2D eigenvalue weighted by atomic mass is 16.6. The number of ether oxygens (including phenoxy) is 1. The van der Waals surface area contributed by atoms with Crippen LogP contribution in [0.1, 0.15) is 38.7 Å². The zero-order valence-electron chi connectivity index (χ0n) is 13.2. The van der Waals surface area contributed by atoms with Gasteiger partial charge in [0.15, 0.2) is 0 Å².